The van der Waals surface area contributed by atoms with E-state index in [1.807, 2.05) is 20.8 Å². The van der Waals surface area contributed by atoms with Crippen molar-refractivity contribution in [2.45, 2.75) is 45.1 Å². The minimum atomic E-state index is -0.528. The fraction of sp³-hybridized carbons (Fsp3) is 0.529. The summed E-state index contributed by atoms with van der Waals surface area (Å²) in [5, 5.41) is 4.40. The first kappa shape index (κ1) is 17.2. The Morgan fingerprint density at radius 1 is 1.40 bits per heavy atom. The van der Waals surface area contributed by atoms with Crippen LogP contribution in [0.2, 0.25) is 0 Å². The van der Waals surface area contributed by atoms with E-state index in [2.05, 4.69) is 15.1 Å². The third-order valence-corrected chi connectivity index (χ3v) is 3.99. The van der Waals surface area contributed by atoms with Gasteiger partial charge in [-0.05, 0) is 45.7 Å². The SMILES string of the molecule is CC(C)(C)OC(=O)N1CCCC(c2nn(-c3cccnc3)c(=O)[nH]2)C1. The Balaban J connectivity index is 1.76. The average molecular weight is 345 g/mol. The second kappa shape index (κ2) is 6.70. The summed E-state index contributed by atoms with van der Waals surface area (Å²) >= 11 is 0. The number of likely N-dealkylation sites (tertiary alicyclic amines) is 1. The van der Waals surface area contributed by atoms with Gasteiger partial charge in [0.05, 0.1) is 11.9 Å². The maximum Gasteiger partial charge on any atom is 0.410 e. The molecule has 2 aromatic heterocycles. The van der Waals surface area contributed by atoms with Crippen LogP contribution in [0.15, 0.2) is 29.3 Å². The molecule has 25 heavy (non-hydrogen) atoms. The molecule has 1 N–H and O–H groups in total. The number of aromatic nitrogens is 4. The lowest BCUT2D eigenvalue weighted by atomic mass is 9.98. The molecule has 0 radical (unpaired) electrons. The van der Waals surface area contributed by atoms with Crippen molar-refractivity contribution in [3.8, 4) is 5.69 Å². The molecule has 0 bridgehead atoms. The van der Waals surface area contributed by atoms with Crippen LogP contribution in [0.4, 0.5) is 4.79 Å². The van der Waals surface area contributed by atoms with Gasteiger partial charge in [-0.2, -0.15) is 4.68 Å². The van der Waals surface area contributed by atoms with Gasteiger partial charge in [-0.1, -0.05) is 0 Å². The van der Waals surface area contributed by atoms with E-state index in [9.17, 15) is 9.59 Å². The summed E-state index contributed by atoms with van der Waals surface area (Å²) in [6.07, 6.45) is 4.60. The van der Waals surface area contributed by atoms with Gasteiger partial charge in [-0.15, -0.1) is 5.10 Å². The maximum absolute atomic E-state index is 12.3. The highest BCUT2D eigenvalue weighted by Crippen LogP contribution is 2.25. The highest BCUT2D eigenvalue weighted by molar-refractivity contribution is 5.68. The van der Waals surface area contributed by atoms with E-state index in [1.54, 1.807) is 29.4 Å². The first-order valence-electron chi connectivity index (χ1n) is 8.41. The normalized spacial score (nSPS) is 18.2. The number of pyridine rings is 1. The molecule has 1 fully saturated rings. The Morgan fingerprint density at radius 2 is 2.20 bits per heavy atom. The molecule has 0 aromatic carbocycles. The molecule has 3 rings (SSSR count). The van der Waals surface area contributed by atoms with Gasteiger partial charge in [-0.3, -0.25) is 9.97 Å². The maximum atomic E-state index is 12.3. The van der Waals surface area contributed by atoms with E-state index in [-0.39, 0.29) is 17.7 Å². The number of carbonyl (C=O) groups excluding carboxylic acids is 1. The van der Waals surface area contributed by atoms with E-state index < -0.39 is 5.60 Å². The van der Waals surface area contributed by atoms with Gasteiger partial charge in [0, 0.05) is 25.2 Å². The van der Waals surface area contributed by atoms with Crippen LogP contribution < -0.4 is 5.69 Å². The van der Waals surface area contributed by atoms with Crippen LogP contribution in [0.25, 0.3) is 5.69 Å². The summed E-state index contributed by atoms with van der Waals surface area (Å²) < 4.78 is 6.74. The number of hydrogen-bond acceptors (Lipinski definition) is 5. The second-order valence-electron chi connectivity index (χ2n) is 7.20. The first-order valence-corrected chi connectivity index (χ1v) is 8.41. The molecule has 0 spiro atoms. The third-order valence-electron chi connectivity index (χ3n) is 3.99. The summed E-state index contributed by atoms with van der Waals surface area (Å²) in [6.45, 7) is 6.67. The average Bonchev–Trinajstić information content (AvgIpc) is 2.96. The molecule has 2 aromatic rings. The third kappa shape index (κ3) is 4.07. The van der Waals surface area contributed by atoms with Crippen molar-refractivity contribution in [2.75, 3.05) is 13.1 Å². The predicted octanol–water partition coefficient (Wildman–Crippen LogP) is 2.07. The number of ether oxygens (including phenoxy) is 1. The number of amides is 1. The molecule has 8 heteroatoms. The van der Waals surface area contributed by atoms with Crippen molar-refractivity contribution in [1.82, 2.24) is 24.6 Å². The number of nitrogens with one attached hydrogen (secondary N) is 1. The summed E-state index contributed by atoms with van der Waals surface area (Å²) in [7, 11) is 0. The first-order chi connectivity index (χ1) is 11.8. The number of carbonyl (C=O) groups is 1. The molecule has 3 heterocycles. The van der Waals surface area contributed by atoms with Gasteiger partial charge >= 0.3 is 11.8 Å². The molecule has 1 saturated heterocycles. The van der Waals surface area contributed by atoms with E-state index >= 15 is 0 Å². The zero-order chi connectivity index (χ0) is 18.0. The van der Waals surface area contributed by atoms with Crippen LogP contribution in [0, 0.1) is 0 Å². The molecule has 1 atom stereocenters. The number of hydrogen-bond donors (Lipinski definition) is 1. The standard InChI is InChI=1S/C17H23N5O3/c1-17(2,3)25-16(24)21-9-5-6-12(11-21)14-19-15(23)22(20-14)13-7-4-8-18-10-13/h4,7-8,10,12H,5-6,9,11H2,1-3H3,(H,19,20,23). The minimum Gasteiger partial charge on any atom is -0.444 e. The molecular weight excluding hydrogens is 322 g/mol. The smallest absolute Gasteiger partial charge is 0.410 e. The predicted molar refractivity (Wildman–Crippen MR) is 91.8 cm³/mol. The van der Waals surface area contributed by atoms with E-state index in [4.69, 9.17) is 4.74 Å². The molecule has 0 aliphatic carbocycles. The zero-order valence-electron chi connectivity index (χ0n) is 14.7. The Kier molecular flexibility index (Phi) is 4.61. The van der Waals surface area contributed by atoms with E-state index in [0.717, 1.165) is 12.8 Å². The number of H-pyrrole nitrogens is 1. The fourth-order valence-corrected chi connectivity index (χ4v) is 2.87. The molecule has 134 valence electrons. The van der Waals surface area contributed by atoms with E-state index in [0.29, 0.717) is 24.6 Å². The number of nitrogens with zero attached hydrogens (tertiary/aromatic N) is 4. The van der Waals surface area contributed by atoms with E-state index in [1.165, 1.54) is 4.68 Å². The second-order valence-corrected chi connectivity index (χ2v) is 7.20. The summed E-state index contributed by atoms with van der Waals surface area (Å²) in [5.74, 6) is 0.564. The Bertz CT molecular complexity index is 791. The van der Waals surface area contributed by atoms with Crippen LogP contribution in [0.1, 0.15) is 45.4 Å². The van der Waals surface area contributed by atoms with Gasteiger partial charge < -0.3 is 9.64 Å². The Labute approximate surface area is 145 Å². The van der Waals surface area contributed by atoms with Crippen LogP contribution in [0.3, 0.4) is 0 Å². The van der Waals surface area contributed by atoms with Crippen LogP contribution >= 0.6 is 0 Å². The van der Waals surface area contributed by atoms with Gasteiger partial charge in [0.25, 0.3) is 0 Å². The lowest BCUT2D eigenvalue weighted by molar-refractivity contribution is 0.0196. The monoisotopic (exact) mass is 345 g/mol. The van der Waals surface area contributed by atoms with Gasteiger partial charge in [-0.25, -0.2) is 9.59 Å². The summed E-state index contributed by atoms with van der Waals surface area (Å²) in [6, 6.07) is 3.52. The van der Waals surface area contributed by atoms with Crippen molar-refractivity contribution in [2.24, 2.45) is 0 Å². The minimum absolute atomic E-state index is 0.0214. The lowest BCUT2D eigenvalue weighted by Crippen LogP contribution is -2.42. The van der Waals surface area contributed by atoms with Crippen molar-refractivity contribution in [1.29, 1.82) is 0 Å². The number of aromatic amines is 1. The van der Waals surface area contributed by atoms with Gasteiger partial charge in [0.15, 0.2) is 0 Å². The number of rotatable bonds is 2. The fourth-order valence-electron chi connectivity index (χ4n) is 2.87. The van der Waals surface area contributed by atoms with Crippen LogP contribution in [-0.2, 0) is 4.74 Å². The van der Waals surface area contributed by atoms with Gasteiger partial charge in [0.2, 0.25) is 0 Å². The molecule has 1 unspecified atom stereocenters. The molecule has 1 aliphatic heterocycles. The summed E-state index contributed by atoms with van der Waals surface area (Å²) in [4.78, 5) is 33.0. The van der Waals surface area contributed by atoms with Crippen molar-refractivity contribution in [3.63, 3.8) is 0 Å². The molecule has 8 nitrogen and oxygen atoms in total. The number of piperidine rings is 1. The molecule has 1 amide bonds. The van der Waals surface area contributed by atoms with Gasteiger partial charge in [0.1, 0.15) is 11.4 Å². The highest BCUT2D eigenvalue weighted by atomic mass is 16.6. The van der Waals surface area contributed by atoms with Crippen LogP contribution in [0.5, 0.6) is 0 Å². The highest BCUT2D eigenvalue weighted by Gasteiger charge is 2.30. The van der Waals surface area contributed by atoms with Crippen molar-refractivity contribution in [3.05, 3.63) is 40.8 Å². The summed E-state index contributed by atoms with van der Waals surface area (Å²) in [5.41, 5.74) is -0.229. The lowest BCUT2D eigenvalue weighted by Gasteiger charge is -2.33. The molecule has 0 saturated carbocycles. The quantitative estimate of drug-likeness (QED) is 0.899. The Hall–Kier alpha value is -2.64. The molecular formula is C17H23N5O3. The molecule has 1 aliphatic rings. The largest absolute Gasteiger partial charge is 0.444 e. The van der Waals surface area contributed by atoms with Crippen LogP contribution in [-0.4, -0.2) is 49.4 Å². The van der Waals surface area contributed by atoms with Crippen molar-refractivity contribution >= 4 is 6.09 Å². The Morgan fingerprint density at radius 3 is 2.88 bits per heavy atom. The van der Waals surface area contributed by atoms with Crippen molar-refractivity contribution < 1.29 is 9.53 Å². The topological polar surface area (TPSA) is 93.1 Å². The zero-order valence-corrected chi connectivity index (χ0v) is 14.7.